The Morgan fingerprint density at radius 1 is 1.44 bits per heavy atom. The zero-order valence-corrected chi connectivity index (χ0v) is 10.4. The Kier molecular flexibility index (Phi) is 5.25. The fraction of sp³-hybridized carbons (Fsp3) is 0.600. The van der Waals surface area contributed by atoms with Gasteiger partial charge >= 0.3 is 5.69 Å². The molecule has 0 spiro atoms. The molecule has 1 atom stereocenters. The summed E-state index contributed by atoms with van der Waals surface area (Å²) in [5, 5.41) is 25.8. The Labute approximate surface area is 105 Å². The highest BCUT2D eigenvalue weighted by Gasteiger charge is 2.22. The third-order valence-electron chi connectivity index (χ3n) is 2.11. The van der Waals surface area contributed by atoms with Gasteiger partial charge in [-0.3, -0.25) is 10.1 Å². The molecule has 0 saturated heterocycles. The number of nitro groups is 1. The van der Waals surface area contributed by atoms with Crippen molar-refractivity contribution in [3.63, 3.8) is 0 Å². The molecule has 1 aromatic heterocycles. The minimum atomic E-state index is -0.619. The van der Waals surface area contributed by atoms with Gasteiger partial charge in [0, 0.05) is 13.1 Å². The van der Waals surface area contributed by atoms with E-state index >= 15 is 0 Å². The summed E-state index contributed by atoms with van der Waals surface area (Å²) in [6.45, 7) is 4.31. The predicted octanol–water partition coefficient (Wildman–Crippen LogP) is 0.999. The van der Waals surface area contributed by atoms with Gasteiger partial charge in [0.05, 0.1) is 11.0 Å². The lowest BCUT2D eigenvalue weighted by Crippen LogP contribution is -2.18. The molecule has 0 aliphatic carbocycles. The van der Waals surface area contributed by atoms with Crippen molar-refractivity contribution >= 4 is 17.3 Å². The van der Waals surface area contributed by atoms with Crippen molar-refractivity contribution in [3.8, 4) is 0 Å². The first kappa shape index (κ1) is 14.1. The van der Waals surface area contributed by atoms with Crippen molar-refractivity contribution in [2.45, 2.75) is 26.4 Å². The van der Waals surface area contributed by atoms with Crippen molar-refractivity contribution < 1.29 is 10.0 Å². The number of rotatable bonds is 7. The van der Waals surface area contributed by atoms with Crippen LogP contribution in [0.3, 0.4) is 0 Å². The summed E-state index contributed by atoms with van der Waals surface area (Å²) in [7, 11) is 0. The van der Waals surface area contributed by atoms with E-state index in [1.54, 1.807) is 6.92 Å². The van der Waals surface area contributed by atoms with Gasteiger partial charge in [-0.25, -0.2) is 9.97 Å². The second-order valence-corrected chi connectivity index (χ2v) is 3.83. The van der Waals surface area contributed by atoms with Gasteiger partial charge in [0.25, 0.3) is 0 Å². The molecule has 0 fully saturated rings. The molecular formula is C10H17N5O3. The van der Waals surface area contributed by atoms with Crippen LogP contribution < -0.4 is 10.6 Å². The van der Waals surface area contributed by atoms with Crippen molar-refractivity contribution in [1.82, 2.24) is 9.97 Å². The monoisotopic (exact) mass is 255 g/mol. The van der Waals surface area contributed by atoms with Crippen molar-refractivity contribution in [2.24, 2.45) is 0 Å². The molecule has 0 amide bonds. The van der Waals surface area contributed by atoms with E-state index in [0.29, 0.717) is 6.54 Å². The van der Waals surface area contributed by atoms with Crippen LogP contribution in [-0.2, 0) is 0 Å². The number of aromatic nitrogens is 2. The lowest BCUT2D eigenvalue weighted by Gasteiger charge is -2.10. The summed E-state index contributed by atoms with van der Waals surface area (Å²) in [6, 6.07) is 0. The summed E-state index contributed by atoms with van der Waals surface area (Å²) in [6.07, 6.45) is 1.46. The first-order chi connectivity index (χ1) is 8.56. The number of anilines is 2. The summed E-state index contributed by atoms with van der Waals surface area (Å²) in [5.74, 6) is 0.291. The van der Waals surface area contributed by atoms with Gasteiger partial charge < -0.3 is 15.7 Å². The zero-order chi connectivity index (χ0) is 13.5. The molecule has 1 rings (SSSR count). The van der Waals surface area contributed by atoms with E-state index in [1.807, 2.05) is 6.92 Å². The number of hydrogen-bond donors (Lipinski definition) is 3. The second-order valence-electron chi connectivity index (χ2n) is 3.83. The van der Waals surface area contributed by atoms with Gasteiger partial charge in [-0.05, 0) is 13.3 Å². The van der Waals surface area contributed by atoms with E-state index in [0.717, 1.165) is 6.42 Å². The predicted molar refractivity (Wildman–Crippen MR) is 67.6 cm³/mol. The van der Waals surface area contributed by atoms with Crippen LogP contribution in [-0.4, -0.2) is 39.2 Å². The number of nitrogens with zero attached hydrogens (tertiary/aromatic N) is 3. The van der Waals surface area contributed by atoms with E-state index in [4.69, 9.17) is 5.11 Å². The van der Waals surface area contributed by atoms with Gasteiger partial charge in [-0.15, -0.1) is 0 Å². The lowest BCUT2D eigenvalue weighted by molar-refractivity contribution is -0.383. The van der Waals surface area contributed by atoms with Crippen LogP contribution in [0.5, 0.6) is 0 Å². The molecule has 1 unspecified atom stereocenters. The molecule has 1 heterocycles. The SMILES string of the molecule is CCCNc1ncnc(NCC(C)O)c1[N+](=O)[O-]. The highest BCUT2D eigenvalue weighted by Crippen LogP contribution is 2.28. The third kappa shape index (κ3) is 3.81. The Morgan fingerprint density at radius 2 is 2.06 bits per heavy atom. The minimum Gasteiger partial charge on any atom is -0.392 e. The number of aliphatic hydroxyl groups is 1. The van der Waals surface area contributed by atoms with Crippen molar-refractivity contribution in [3.05, 3.63) is 16.4 Å². The molecule has 18 heavy (non-hydrogen) atoms. The first-order valence-corrected chi connectivity index (χ1v) is 5.71. The van der Waals surface area contributed by atoms with Crippen molar-refractivity contribution in [2.75, 3.05) is 23.7 Å². The van der Waals surface area contributed by atoms with E-state index in [-0.39, 0.29) is 23.9 Å². The fourth-order valence-corrected chi connectivity index (χ4v) is 1.30. The van der Waals surface area contributed by atoms with Crippen LogP contribution in [0.2, 0.25) is 0 Å². The van der Waals surface area contributed by atoms with E-state index in [1.165, 1.54) is 6.33 Å². The van der Waals surface area contributed by atoms with Gasteiger partial charge in [0.2, 0.25) is 11.6 Å². The topological polar surface area (TPSA) is 113 Å². The highest BCUT2D eigenvalue weighted by molar-refractivity contribution is 5.69. The molecule has 8 nitrogen and oxygen atoms in total. The maximum absolute atomic E-state index is 11.0. The average Bonchev–Trinajstić information content (AvgIpc) is 2.33. The molecule has 0 saturated carbocycles. The Morgan fingerprint density at radius 3 is 2.56 bits per heavy atom. The number of nitrogens with one attached hydrogen (secondary N) is 2. The average molecular weight is 255 g/mol. The third-order valence-corrected chi connectivity index (χ3v) is 2.11. The maximum Gasteiger partial charge on any atom is 0.353 e. The molecule has 1 aromatic rings. The summed E-state index contributed by atoms with van der Waals surface area (Å²) in [5.41, 5.74) is -0.202. The minimum absolute atomic E-state index is 0.106. The van der Waals surface area contributed by atoms with Gasteiger partial charge in [-0.1, -0.05) is 6.92 Å². The largest absolute Gasteiger partial charge is 0.392 e. The standard InChI is InChI=1S/C10H17N5O3/c1-3-4-11-9-8(15(17)18)10(14-6-13-9)12-5-7(2)16/h6-7,16H,3-5H2,1-2H3,(H2,11,12,13,14). The molecule has 100 valence electrons. The number of aliphatic hydroxyl groups excluding tert-OH is 1. The highest BCUT2D eigenvalue weighted by atomic mass is 16.6. The van der Waals surface area contributed by atoms with Crippen LogP contribution in [0, 0.1) is 10.1 Å². The van der Waals surface area contributed by atoms with E-state index < -0.39 is 11.0 Å². The molecule has 3 N–H and O–H groups in total. The fourth-order valence-electron chi connectivity index (χ4n) is 1.30. The quantitative estimate of drug-likeness (QED) is 0.492. The number of hydrogen-bond acceptors (Lipinski definition) is 7. The normalized spacial score (nSPS) is 11.9. The molecule has 0 aromatic carbocycles. The molecule has 0 aliphatic rings. The molecule has 0 aliphatic heterocycles. The molecule has 0 radical (unpaired) electrons. The Hall–Kier alpha value is -1.96. The first-order valence-electron chi connectivity index (χ1n) is 5.71. The Bertz CT molecular complexity index is 410. The molecular weight excluding hydrogens is 238 g/mol. The van der Waals surface area contributed by atoms with Crippen LogP contribution in [0.25, 0.3) is 0 Å². The van der Waals surface area contributed by atoms with Crippen molar-refractivity contribution in [1.29, 1.82) is 0 Å². The molecule has 8 heteroatoms. The smallest absolute Gasteiger partial charge is 0.353 e. The van der Waals surface area contributed by atoms with Crippen LogP contribution in [0.15, 0.2) is 6.33 Å². The van der Waals surface area contributed by atoms with Gasteiger partial charge in [0.1, 0.15) is 6.33 Å². The summed E-state index contributed by atoms with van der Waals surface area (Å²) >= 11 is 0. The van der Waals surface area contributed by atoms with Crippen LogP contribution >= 0.6 is 0 Å². The van der Waals surface area contributed by atoms with E-state index in [9.17, 15) is 10.1 Å². The molecule has 0 bridgehead atoms. The zero-order valence-electron chi connectivity index (χ0n) is 10.4. The van der Waals surface area contributed by atoms with Gasteiger partial charge in [-0.2, -0.15) is 0 Å². The Balaban J connectivity index is 2.97. The summed E-state index contributed by atoms with van der Waals surface area (Å²) < 4.78 is 0. The van der Waals surface area contributed by atoms with Crippen LogP contribution in [0.4, 0.5) is 17.3 Å². The van der Waals surface area contributed by atoms with Crippen LogP contribution in [0.1, 0.15) is 20.3 Å². The lowest BCUT2D eigenvalue weighted by atomic mass is 10.3. The van der Waals surface area contributed by atoms with E-state index in [2.05, 4.69) is 20.6 Å². The second kappa shape index (κ2) is 6.70. The maximum atomic E-state index is 11.0. The summed E-state index contributed by atoms with van der Waals surface area (Å²) in [4.78, 5) is 18.2. The van der Waals surface area contributed by atoms with Gasteiger partial charge in [0.15, 0.2) is 0 Å².